The number of carbonyl (C=O) groups excluding carboxylic acids is 1. The first-order valence-electron chi connectivity index (χ1n) is 7.70. The van der Waals surface area contributed by atoms with Crippen LogP contribution in [0.1, 0.15) is 16.8 Å². The summed E-state index contributed by atoms with van der Waals surface area (Å²) in [5.74, 6) is 0.605. The van der Waals surface area contributed by atoms with Gasteiger partial charge >= 0.3 is 6.03 Å². The van der Waals surface area contributed by atoms with Crippen LogP contribution in [-0.4, -0.2) is 16.1 Å². The molecule has 3 aromatic rings. The summed E-state index contributed by atoms with van der Waals surface area (Å²) in [4.78, 5) is 16.6. The Morgan fingerprint density at radius 3 is 2.46 bits per heavy atom. The van der Waals surface area contributed by atoms with Gasteiger partial charge in [0.05, 0.1) is 11.4 Å². The van der Waals surface area contributed by atoms with Gasteiger partial charge in [0.2, 0.25) is 0 Å². The highest BCUT2D eigenvalue weighted by Crippen LogP contribution is 2.28. The molecule has 0 saturated heterocycles. The molecule has 3 N–H and O–H groups in total. The van der Waals surface area contributed by atoms with Crippen LogP contribution >= 0.6 is 0 Å². The van der Waals surface area contributed by atoms with Gasteiger partial charge in [0.25, 0.3) is 0 Å². The van der Waals surface area contributed by atoms with Crippen LogP contribution in [0.15, 0.2) is 42.5 Å². The maximum Gasteiger partial charge on any atom is 0.324 e. The average Bonchev–Trinajstić information content (AvgIpc) is 2.58. The minimum Gasteiger partial charge on any atom is -0.506 e. The van der Waals surface area contributed by atoms with Gasteiger partial charge in [-0.3, -0.25) is 5.32 Å². The number of pyridine rings is 1. The standard InChI is InChI=1S/C19H19N3O2/c1-11-12(2)18(20-13(3)17(11)23)22-19(24)21-16-10-6-8-14-7-4-5-9-15(14)16/h4-10,23H,1-3H3,(H2,20,21,22,24). The fourth-order valence-electron chi connectivity index (χ4n) is 2.65. The van der Waals surface area contributed by atoms with E-state index in [1.165, 1.54) is 0 Å². The Balaban J connectivity index is 1.86. The van der Waals surface area contributed by atoms with Gasteiger partial charge in [-0.15, -0.1) is 0 Å². The van der Waals surface area contributed by atoms with E-state index in [4.69, 9.17) is 0 Å². The molecule has 2 aromatic carbocycles. The number of nitrogens with one attached hydrogen (secondary N) is 2. The van der Waals surface area contributed by atoms with Crippen molar-refractivity contribution in [3.8, 4) is 5.75 Å². The Morgan fingerprint density at radius 2 is 1.67 bits per heavy atom. The maximum atomic E-state index is 12.4. The van der Waals surface area contributed by atoms with Gasteiger partial charge in [-0.25, -0.2) is 9.78 Å². The zero-order chi connectivity index (χ0) is 17.3. The Bertz CT molecular complexity index is 930. The van der Waals surface area contributed by atoms with Crippen molar-refractivity contribution in [1.82, 2.24) is 4.98 Å². The van der Waals surface area contributed by atoms with Crippen LogP contribution in [0.25, 0.3) is 10.8 Å². The molecule has 0 fully saturated rings. The Labute approximate surface area is 140 Å². The van der Waals surface area contributed by atoms with E-state index in [1.807, 2.05) is 49.4 Å². The third kappa shape index (κ3) is 2.88. The lowest BCUT2D eigenvalue weighted by Crippen LogP contribution is -2.21. The molecule has 0 atom stereocenters. The molecule has 0 aliphatic heterocycles. The van der Waals surface area contributed by atoms with Crippen molar-refractivity contribution in [3.63, 3.8) is 0 Å². The second kappa shape index (κ2) is 6.20. The van der Waals surface area contributed by atoms with Crippen molar-refractivity contribution in [1.29, 1.82) is 0 Å². The fourth-order valence-corrected chi connectivity index (χ4v) is 2.65. The zero-order valence-corrected chi connectivity index (χ0v) is 13.8. The van der Waals surface area contributed by atoms with Crippen LogP contribution in [0.4, 0.5) is 16.3 Å². The summed E-state index contributed by atoms with van der Waals surface area (Å²) in [6.45, 7) is 5.32. The van der Waals surface area contributed by atoms with E-state index in [9.17, 15) is 9.90 Å². The largest absolute Gasteiger partial charge is 0.506 e. The third-order valence-corrected chi connectivity index (χ3v) is 4.16. The van der Waals surface area contributed by atoms with Crippen molar-refractivity contribution < 1.29 is 9.90 Å². The summed E-state index contributed by atoms with van der Waals surface area (Å²) < 4.78 is 0. The van der Waals surface area contributed by atoms with E-state index in [1.54, 1.807) is 13.8 Å². The molecule has 5 nitrogen and oxygen atoms in total. The van der Waals surface area contributed by atoms with Gasteiger partial charge in [0.15, 0.2) is 0 Å². The van der Waals surface area contributed by atoms with Crippen molar-refractivity contribution in [3.05, 3.63) is 59.3 Å². The Kier molecular flexibility index (Phi) is 4.08. The summed E-state index contributed by atoms with van der Waals surface area (Å²) in [6.07, 6.45) is 0. The number of carbonyl (C=O) groups is 1. The number of hydrogen-bond acceptors (Lipinski definition) is 3. The average molecular weight is 321 g/mol. The molecule has 2 amide bonds. The van der Waals surface area contributed by atoms with Crippen LogP contribution in [0.3, 0.4) is 0 Å². The molecule has 1 aromatic heterocycles. The van der Waals surface area contributed by atoms with Crippen LogP contribution < -0.4 is 10.6 Å². The van der Waals surface area contributed by atoms with Crippen LogP contribution in [0.5, 0.6) is 5.75 Å². The topological polar surface area (TPSA) is 74.2 Å². The van der Waals surface area contributed by atoms with Gasteiger partial charge in [-0.2, -0.15) is 0 Å². The molecule has 0 spiro atoms. The summed E-state index contributed by atoms with van der Waals surface area (Å²) in [5, 5.41) is 17.6. The first kappa shape index (κ1) is 15.8. The molecular formula is C19H19N3O2. The smallest absolute Gasteiger partial charge is 0.324 e. The van der Waals surface area contributed by atoms with Crippen molar-refractivity contribution >= 4 is 28.3 Å². The molecule has 0 aliphatic rings. The van der Waals surface area contributed by atoms with E-state index in [2.05, 4.69) is 15.6 Å². The number of benzene rings is 2. The van der Waals surface area contributed by atoms with E-state index in [-0.39, 0.29) is 11.8 Å². The number of fused-ring (bicyclic) bond motifs is 1. The first-order valence-corrected chi connectivity index (χ1v) is 7.70. The maximum absolute atomic E-state index is 12.4. The second-order valence-corrected chi connectivity index (χ2v) is 5.75. The van der Waals surface area contributed by atoms with Gasteiger partial charge < -0.3 is 10.4 Å². The highest BCUT2D eigenvalue weighted by Gasteiger charge is 2.13. The lowest BCUT2D eigenvalue weighted by atomic mass is 10.1. The molecule has 0 radical (unpaired) electrons. The lowest BCUT2D eigenvalue weighted by molar-refractivity contribution is 0.262. The zero-order valence-electron chi connectivity index (χ0n) is 13.8. The molecular weight excluding hydrogens is 302 g/mol. The molecule has 122 valence electrons. The minimum absolute atomic E-state index is 0.160. The number of nitrogens with zero attached hydrogens (tertiary/aromatic N) is 1. The third-order valence-electron chi connectivity index (χ3n) is 4.16. The number of hydrogen-bond donors (Lipinski definition) is 3. The number of aromatic hydroxyl groups is 1. The normalized spacial score (nSPS) is 10.6. The Morgan fingerprint density at radius 1 is 0.958 bits per heavy atom. The molecule has 0 bridgehead atoms. The molecule has 0 unspecified atom stereocenters. The fraction of sp³-hybridized carbons (Fsp3) is 0.158. The van der Waals surface area contributed by atoms with E-state index in [0.29, 0.717) is 17.1 Å². The monoisotopic (exact) mass is 321 g/mol. The van der Waals surface area contributed by atoms with Gasteiger partial charge in [-0.05, 0) is 43.4 Å². The molecule has 3 rings (SSSR count). The van der Waals surface area contributed by atoms with E-state index in [0.717, 1.165) is 22.0 Å². The van der Waals surface area contributed by atoms with Crippen molar-refractivity contribution in [2.45, 2.75) is 20.8 Å². The highest BCUT2D eigenvalue weighted by atomic mass is 16.3. The number of urea groups is 1. The summed E-state index contributed by atoms with van der Waals surface area (Å²) in [7, 11) is 0. The number of aryl methyl sites for hydroxylation is 1. The van der Waals surface area contributed by atoms with Crippen molar-refractivity contribution in [2.75, 3.05) is 10.6 Å². The van der Waals surface area contributed by atoms with Crippen molar-refractivity contribution in [2.24, 2.45) is 0 Å². The highest BCUT2D eigenvalue weighted by molar-refractivity contribution is 6.06. The molecule has 5 heteroatoms. The summed E-state index contributed by atoms with van der Waals surface area (Å²) in [5.41, 5.74) is 2.67. The number of aromatic nitrogens is 1. The minimum atomic E-state index is -0.369. The molecule has 1 heterocycles. The van der Waals surface area contributed by atoms with Gasteiger partial charge in [0.1, 0.15) is 11.6 Å². The molecule has 0 saturated carbocycles. The van der Waals surface area contributed by atoms with Crippen LogP contribution in [-0.2, 0) is 0 Å². The number of amides is 2. The Hall–Kier alpha value is -3.08. The SMILES string of the molecule is Cc1nc(NC(=O)Nc2cccc3ccccc23)c(C)c(C)c1O. The quantitative estimate of drug-likeness (QED) is 0.650. The number of anilines is 2. The second-order valence-electron chi connectivity index (χ2n) is 5.75. The number of rotatable bonds is 2. The summed E-state index contributed by atoms with van der Waals surface area (Å²) >= 11 is 0. The predicted molar refractivity (Wildman–Crippen MR) is 96.7 cm³/mol. The first-order chi connectivity index (χ1) is 11.5. The predicted octanol–water partition coefficient (Wildman–Crippen LogP) is 4.51. The van der Waals surface area contributed by atoms with Crippen LogP contribution in [0.2, 0.25) is 0 Å². The summed E-state index contributed by atoms with van der Waals surface area (Å²) in [6, 6.07) is 13.2. The molecule has 24 heavy (non-hydrogen) atoms. The lowest BCUT2D eigenvalue weighted by Gasteiger charge is -2.14. The molecule has 0 aliphatic carbocycles. The van der Waals surface area contributed by atoms with Gasteiger partial charge in [-0.1, -0.05) is 36.4 Å². The van der Waals surface area contributed by atoms with Gasteiger partial charge in [0, 0.05) is 5.39 Å². The van der Waals surface area contributed by atoms with E-state index >= 15 is 0 Å². The van der Waals surface area contributed by atoms with E-state index < -0.39 is 0 Å². The van der Waals surface area contributed by atoms with Crippen LogP contribution in [0, 0.1) is 20.8 Å².